The first-order valence-electron chi connectivity index (χ1n) is 14.1. The van der Waals surface area contributed by atoms with Crippen molar-refractivity contribution < 1.29 is 9.50 Å². The van der Waals surface area contributed by atoms with Gasteiger partial charge >= 0.3 is 0 Å². The number of piperidine rings is 2. The highest BCUT2D eigenvalue weighted by atomic mass is 19.1. The lowest BCUT2D eigenvalue weighted by Crippen LogP contribution is -2.35. The lowest BCUT2D eigenvalue weighted by molar-refractivity contribution is 0.145. The number of aromatic amines is 1. The molecule has 2 saturated heterocycles. The van der Waals surface area contributed by atoms with Gasteiger partial charge < -0.3 is 20.3 Å². The molecule has 1 aromatic carbocycles. The van der Waals surface area contributed by atoms with E-state index in [0.29, 0.717) is 33.7 Å². The highest BCUT2D eigenvalue weighted by molar-refractivity contribution is 5.94. The van der Waals surface area contributed by atoms with Crippen molar-refractivity contribution in [3.8, 4) is 11.3 Å². The summed E-state index contributed by atoms with van der Waals surface area (Å²) in [5.74, 6) is 0.241. The first-order chi connectivity index (χ1) is 19.4. The SMILES string of the molecule is Cc1cc(-c2cc(Nc3ccc(N4CCC(O)CC4)cn3)c3c(=O)[nH]ccc3n2)c(F)cc1CN1CCCCC1. The zero-order chi connectivity index (χ0) is 27.6. The van der Waals surface area contributed by atoms with E-state index >= 15 is 4.39 Å². The molecule has 0 spiro atoms. The van der Waals surface area contributed by atoms with Gasteiger partial charge in [-0.05, 0) is 93.2 Å². The van der Waals surface area contributed by atoms with Crippen molar-refractivity contribution in [2.45, 2.75) is 51.7 Å². The smallest absolute Gasteiger partial charge is 0.259 e. The number of hydrogen-bond acceptors (Lipinski definition) is 7. The molecule has 6 rings (SSSR count). The molecule has 0 bridgehead atoms. The minimum Gasteiger partial charge on any atom is -0.393 e. The molecular formula is C31H35FN6O2. The third-order valence-corrected chi connectivity index (χ3v) is 8.11. The highest BCUT2D eigenvalue weighted by Gasteiger charge is 2.19. The normalized spacial score (nSPS) is 16.9. The molecule has 0 radical (unpaired) electrons. The maximum Gasteiger partial charge on any atom is 0.259 e. The molecule has 0 atom stereocenters. The summed E-state index contributed by atoms with van der Waals surface area (Å²) in [5.41, 5.74) is 4.56. The second kappa shape index (κ2) is 11.3. The van der Waals surface area contributed by atoms with Gasteiger partial charge in [0.1, 0.15) is 11.6 Å². The van der Waals surface area contributed by atoms with E-state index < -0.39 is 0 Å². The van der Waals surface area contributed by atoms with E-state index in [0.717, 1.165) is 62.4 Å². The summed E-state index contributed by atoms with van der Waals surface area (Å²) in [4.78, 5) is 29.4. The Balaban J connectivity index is 1.31. The number of pyridine rings is 3. The maximum atomic E-state index is 15.6. The molecule has 2 fully saturated rings. The number of rotatable bonds is 6. The number of aromatic nitrogens is 3. The number of aryl methyl sites for hydroxylation is 1. The summed E-state index contributed by atoms with van der Waals surface area (Å²) >= 11 is 0. The Kier molecular flexibility index (Phi) is 7.49. The zero-order valence-electron chi connectivity index (χ0n) is 22.8. The molecule has 8 nitrogen and oxygen atoms in total. The quantitative estimate of drug-likeness (QED) is 0.311. The number of fused-ring (bicyclic) bond motifs is 1. The first kappa shape index (κ1) is 26.4. The van der Waals surface area contributed by atoms with Crippen molar-refractivity contribution >= 4 is 28.1 Å². The molecule has 3 aromatic heterocycles. The van der Waals surface area contributed by atoms with Crippen molar-refractivity contribution in [3.05, 3.63) is 76.1 Å². The molecule has 208 valence electrons. The van der Waals surface area contributed by atoms with Crippen molar-refractivity contribution in [1.82, 2.24) is 19.9 Å². The molecule has 2 aliphatic heterocycles. The summed E-state index contributed by atoms with van der Waals surface area (Å²) in [7, 11) is 0. The van der Waals surface area contributed by atoms with Gasteiger partial charge in [0.05, 0.1) is 40.3 Å². The Bertz CT molecular complexity index is 1560. The summed E-state index contributed by atoms with van der Waals surface area (Å²) in [6.45, 7) is 6.43. The monoisotopic (exact) mass is 542 g/mol. The van der Waals surface area contributed by atoms with Crippen LogP contribution in [-0.4, -0.2) is 57.2 Å². The molecule has 4 aromatic rings. The lowest BCUT2D eigenvalue weighted by atomic mass is 10.00. The van der Waals surface area contributed by atoms with Crippen LogP contribution in [-0.2, 0) is 6.54 Å². The number of hydrogen-bond donors (Lipinski definition) is 3. The van der Waals surface area contributed by atoms with Crippen LogP contribution in [0.1, 0.15) is 43.2 Å². The van der Waals surface area contributed by atoms with Crippen LogP contribution in [0.15, 0.2) is 53.6 Å². The number of aliphatic hydroxyl groups excluding tert-OH is 1. The third kappa shape index (κ3) is 5.57. The molecule has 0 unspecified atom stereocenters. The van der Waals surface area contributed by atoms with E-state index in [-0.39, 0.29) is 17.5 Å². The molecule has 40 heavy (non-hydrogen) atoms. The van der Waals surface area contributed by atoms with Crippen molar-refractivity contribution in [2.24, 2.45) is 0 Å². The summed E-state index contributed by atoms with van der Waals surface area (Å²) in [5, 5.41) is 13.5. The minimum absolute atomic E-state index is 0.239. The van der Waals surface area contributed by atoms with Crippen LogP contribution in [0.25, 0.3) is 22.2 Å². The fourth-order valence-corrected chi connectivity index (χ4v) is 5.79. The second-order valence-corrected chi connectivity index (χ2v) is 11.0. The fourth-order valence-electron chi connectivity index (χ4n) is 5.79. The van der Waals surface area contributed by atoms with E-state index in [1.807, 2.05) is 25.1 Å². The van der Waals surface area contributed by atoms with E-state index in [4.69, 9.17) is 0 Å². The largest absolute Gasteiger partial charge is 0.393 e. The minimum atomic E-state index is -0.325. The number of nitrogens with zero attached hydrogens (tertiary/aromatic N) is 4. The molecule has 3 N–H and O–H groups in total. The Hall–Kier alpha value is -3.82. The van der Waals surface area contributed by atoms with Gasteiger partial charge in [-0.2, -0.15) is 0 Å². The number of nitrogens with one attached hydrogen (secondary N) is 2. The Labute approximate surface area is 232 Å². The van der Waals surface area contributed by atoms with Crippen LogP contribution in [0.5, 0.6) is 0 Å². The molecule has 0 amide bonds. The Morgan fingerprint density at radius 2 is 1.88 bits per heavy atom. The fraction of sp³-hybridized carbons (Fsp3) is 0.387. The van der Waals surface area contributed by atoms with E-state index in [9.17, 15) is 9.90 Å². The maximum absolute atomic E-state index is 15.6. The summed E-state index contributed by atoms with van der Waals surface area (Å²) in [6.07, 6.45) is 8.23. The number of likely N-dealkylation sites (tertiary alicyclic amines) is 1. The Morgan fingerprint density at radius 1 is 1.07 bits per heavy atom. The van der Waals surface area contributed by atoms with Gasteiger partial charge in [0.2, 0.25) is 0 Å². The second-order valence-electron chi connectivity index (χ2n) is 11.0. The number of anilines is 3. The topological polar surface area (TPSA) is 97.4 Å². The lowest BCUT2D eigenvalue weighted by Gasteiger charge is -2.31. The van der Waals surface area contributed by atoms with E-state index in [1.54, 1.807) is 30.6 Å². The molecule has 0 aliphatic carbocycles. The molecule has 0 saturated carbocycles. The molecule has 9 heteroatoms. The van der Waals surface area contributed by atoms with Gasteiger partial charge in [-0.3, -0.25) is 9.69 Å². The van der Waals surface area contributed by atoms with E-state index in [2.05, 4.69) is 30.1 Å². The van der Waals surface area contributed by atoms with Crippen molar-refractivity contribution in [2.75, 3.05) is 36.4 Å². The van der Waals surface area contributed by atoms with Gasteiger partial charge in [0.15, 0.2) is 0 Å². The average molecular weight is 543 g/mol. The molecule has 2 aliphatic rings. The average Bonchev–Trinajstić information content (AvgIpc) is 2.96. The standard InChI is InChI=1S/C31H35FN6O2/c1-20-15-24(25(32)16-21(20)19-37-11-3-2-4-12-37)27-17-28(30-26(35-27)7-10-33-31(30)40)36-29-6-5-22(18-34-29)38-13-8-23(39)9-14-38/h5-7,10,15-18,23,39H,2-4,8-9,11-14,19H2,1H3,(H,33,40)(H,34,35,36). The van der Waals surface area contributed by atoms with Gasteiger partial charge in [0.25, 0.3) is 5.56 Å². The van der Waals surface area contributed by atoms with Gasteiger partial charge in [-0.25, -0.2) is 14.4 Å². The first-order valence-corrected chi connectivity index (χ1v) is 14.1. The van der Waals surface area contributed by atoms with Crippen LogP contribution >= 0.6 is 0 Å². The number of benzene rings is 1. The predicted octanol–water partition coefficient (Wildman–Crippen LogP) is 5.12. The van der Waals surface area contributed by atoms with Crippen molar-refractivity contribution in [3.63, 3.8) is 0 Å². The summed E-state index contributed by atoms with van der Waals surface area (Å²) in [6, 6.07) is 10.8. The van der Waals surface area contributed by atoms with Crippen LogP contribution in [0.2, 0.25) is 0 Å². The molecule has 5 heterocycles. The third-order valence-electron chi connectivity index (χ3n) is 8.11. The highest BCUT2D eigenvalue weighted by Crippen LogP contribution is 2.32. The van der Waals surface area contributed by atoms with Crippen LogP contribution in [0, 0.1) is 12.7 Å². The number of aliphatic hydroxyl groups is 1. The zero-order valence-corrected chi connectivity index (χ0v) is 22.8. The van der Waals surface area contributed by atoms with Crippen LogP contribution in [0.4, 0.5) is 21.6 Å². The van der Waals surface area contributed by atoms with Crippen LogP contribution < -0.4 is 15.8 Å². The Morgan fingerprint density at radius 3 is 2.62 bits per heavy atom. The molecular weight excluding hydrogens is 507 g/mol. The predicted molar refractivity (Wildman–Crippen MR) is 157 cm³/mol. The van der Waals surface area contributed by atoms with Crippen molar-refractivity contribution in [1.29, 1.82) is 0 Å². The van der Waals surface area contributed by atoms with Crippen LogP contribution in [0.3, 0.4) is 0 Å². The summed E-state index contributed by atoms with van der Waals surface area (Å²) < 4.78 is 15.6. The number of halogens is 1. The van der Waals surface area contributed by atoms with Gasteiger partial charge in [-0.1, -0.05) is 6.42 Å². The van der Waals surface area contributed by atoms with Gasteiger partial charge in [0, 0.05) is 31.4 Å². The number of H-pyrrole nitrogens is 1. The van der Waals surface area contributed by atoms with E-state index in [1.165, 1.54) is 19.3 Å². The van der Waals surface area contributed by atoms with Gasteiger partial charge in [-0.15, -0.1) is 0 Å².